The van der Waals surface area contributed by atoms with Crippen LogP contribution in [0, 0.1) is 0 Å². The molecule has 0 amide bonds. The van der Waals surface area contributed by atoms with Crippen LogP contribution in [0.25, 0.3) is 0 Å². The predicted molar refractivity (Wildman–Crippen MR) is 86.8 cm³/mol. The van der Waals surface area contributed by atoms with Crippen LogP contribution in [0.5, 0.6) is 5.75 Å². The molecule has 0 bridgehead atoms. The van der Waals surface area contributed by atoms with E-state index in [0.29, 0.717) is 18.1 Å². The van der Waals surface area contributed by atoms with Crippen molar-refractivity contribution in [3.63, 3.8) is 0 Å². The summed E-state index contributed by atoms with van der Waals surface area (Å²) in [7, 11) is 0. The maximum Gasteiger partial charge on any atom is 0.124 e. The van der Waals surface area contributed by atoms with Gasteiger partial charge in [0.2, 0.25) is 0 Å². The summed E-state index contributed by atoms with van der Waals surface area (Å²) in [6.45, 7) is 7.92. The van der Waals surface area contributed by atoms with Gasteiger partial charge in [0.1, 0.15) is 5.75 Å². The average molecular weight is 288 g/mol. The Morgan fingerprint density at radius 1 is 1.14 bits per heavy atom. The maximum absolute atomic E-state index is 5.77. The molecule has 2 unspecified atom stereocenters. The second-order valence-corrected chi connectivity index (χ2v) is 6.65. The van der Waals surface area contributed by atoms with Crippen LogP contribution >= 0.6 is 0 Å². The van der Waals surface area contributed by atoms with Gasteiger partial charge in [-0.25, -0.2) is 0 Å². The fourth-order valence-electron chi connectivity index (χ4n) is 3.60. The van der Waals surface area contributed by atoms with Gasteiger partial charge in [0.25, 0.3) is 0 Å². The summed E-state index contributed by atoms with van der Waals surface area (Å²) in [5, 5.41) is 3.91. The van der Waals surface area contributed by atoms with Gasteiger partial charge < -0.3 is 15.0 Å². The van der Waals surface area contributed by atoms with Crippen LogP contribution in [0.15, 0.2) is 24.3 Å². The third-order valence-electron chi connectivity index (χ3n) is 4.89. The van der Waals surface area contributed by atoms with Gasteiger partial charge in [-0.05, 0) is 52.3 Å². The Kier molecular flexibility index (Phi) is 4.81. The Labute approximate surface area is 128 Å². The second kappa shape index (κ2) is 6.80. The van der Waals surface area contributed by atoms with Gasteiger partial charge in [-0.15, -0.1) is 0 Å². The average Bonchev–Trinajstić information content (AvgIpc) is 2.73. The fourth-order valence-corrected chi connectivity index (χ4v) is 3.60. The Hall–Kier alpha value is -1.06. The maximum atomic E-state index is 5.77. The van der Waals surface area contributed by atoms with E-state index in [1.54, 1.807) is 0 Å². The van der Waals surface area contributed by atoms with Gasteiger partial charge in [-0.2, -0.15) is 0 Å². The van der Waals surface area contributed by atoms with Crippen LogP contribution in [0.3, 0.4) is 0 Å². The number of likely N-dealkylation sites (tertiary alicyclic amines) is 1. The molecule has 1 aromatic rings. The van der Waals surface area contributed by atoms with E-state index in [1.807, 2.05) is 0 Å². The number of fused-ring (bicyclic) bond motifs is 1. The van der Waals surface area contributed by atoms with E-state index in [4.69, 9.17) is 4.74 Å². The molecular formula is C18H28N2O. The lowest BCUT2D eigenvalue weighted by atomic mass is 9.98. The number of nitrogens with zero attached hydrogens (tertiary/aromatic N) is 1. The minimum atomic E-state index is 0.463. The van der Waals surface area contributed by atoms with E-state index in [-0.39, 0.29) is 0 Å². The predicted octanol–water partition coefficient (Wildman–Crippen LogP) is 3.36. The molecule has 0 radical (unpaired) electrons. The lowest BCUT2D eigenvalue weighted by molar-refractivity contribution is 0.222. The zero-order chi connectivity index (χ0) is 14.7. The van der Waals surface area contributed by atoms with E-state index < -0.39 is 0 Å². The van der Waals surface area contributed by atoms with Gasteiger partial charge in [0, 0.05) is 30.1 Å². The number of para-hydroxylation sites is 1. The minimum absolute atomic E-state index is 0.463. The largest absolute Gasteiger partial charge is 0.493 e. The Balaban J connectivity index is 1.62. The topological polar surface area (TPSA) is 24.5 Å². The van der Waals surface area contributed by atoms with Crippen molar-refractivity contribution < 1.29 is 4.74 Å². The van der Waals surface area contributed by atoms with Gasteiger partial charge in [0.15, 0.2) is 0 Å². The van der Waals surface area contributed by atoms with Crippen LogP contribution in [-0.2, 0) is 0 Å². The standard InChI is InChI=1S/C18H28N2O/c1-14(2)20-11-5-6-15(9-12-20)19-17-10-13-21-18-8-4-3-7-16(17)18/h3-4,7-8,14-15,17,19H,5-6,9-13H2,1-2H3. The molecule has 0 aromatic heterocycles. The molecule has 21 heavy (non-hydrogen) atoms. The number of hydrogen-bond acceptors (Lipinski definition) is 3. The third kappa shape index (κ3) is 3.58. The van der Waals surface area contributed by atoms with Crippen molar-refractivity contribution in [2.24, 2.45) is 0 Å². The summed E-state index contributed by atoms with van der Waals surface area (Å²) >= 11 is 0. The van der Waals surface area contributed by atoms with Crippen molar-refractivity contribution in [2.45, 2.75) is 57.7 Å². The fraction of sp³-hybridized carbons (Fsp3) is 0.667. The summed E-state index contributed by atoms with van der Waals surface area (Å²) in [5.74, 6) is 1.07. The molecule has 1 saturated heterocycles. The number of rotatable bonds is 3. The van der Waals surface area contributed by atoms with Crippen molar-refractivity contribution in [3.8, 4) is 5.75 Å². The first-order valence-corrected chi connectivity index (χ1v) is 8.46. The van der Waals surface area contributed by atoms with Crippen molar-refractivity contribution in [1.29, 1.82) is 0 Å². The second-order valence-electron chi connectivity index (χ2n) is 6.65. The Morgan fingerprint density at radius 3 is 2.86 bits per heavy atom. The highest BCUT2D eigenvalue weighted by Crippen LogP contribution is 2.32. The summed E-state index contributed by atoms with van der Waals surface area (Å²) in [6.07, 6.45) is 4.95. The van der Waals surface area contributed by atoms with Crippen molar-refractivity contribution >= 4 is 0 Å². The number of nitrogens with one attached hydrogen (secondary N) is 1. The molecule has 2 aliphatic heterocycles. The molecule has 1 aromatic carbocycles. The molecule has 2 aliphatic rings. The van der Waals surface area contributed by atoms with E-state index >= 15 is 0 Å². The molecule has 0 saturated carbocycles. The summed E-state index contributed by atoms with van der Waals surface area (Å²) < 4.78 is 5.77. The highest BCUT2D eigenvalue weighted by molar-refractivity contribution is 5.37. The van der Waals surface area contributed by atoms with Crippen LogP contribution in [0.1, 0.15) is 51.1 Å². The molecule has 2 heterocycles. The molecule has 0 spiro atoms. The first kappa shape index (κ1) is 14.9. The number of benzene rings is 1. The van der Waals surface area contributed by atoms with Crippen molar-refractivity contribution in [1.82, 2.24) is 10.2 Å². The van der Waals surface area contributed by atoms with E-state index in [2.05, 4.69) is 48.3 Å². The van der Waals surface area contributed by atoms with Crippen LogP contribution < -0.4 is 10.1 Å². The van der Waals surface area contributed by atoms with Crippen molar-refractivity contribution in [2.75, 3.05) is 19.7 Å². The summed E-state index contributed by atoms with van der Waals surface area (Å²) in [5.41, 5.74) is 1.34. The third-order valence-corrected chi connectivity index (χ3v) is 4.89. The quantitative estimate of drug-likeness (QED) is 0.923. The highest BCUT2D eigenvalue weighted by Gasteiger charge is 2.25. The zero-order valence-corrected chi connectivity index (χ0v) is 13.3. The highest BCUT2D eigenvalue weighted by atomic mass is 16.5. The SMILES string of the molecule is CC(C)N1CCCC(NC2CCOc3ccccc32)CC1. The van der Waals surface area contributed by atoms with Gasteiger partial charge in [-0.1, -0.05) is 18.2 Å². The summed E-state index contributed by atoms with van der Waals surface area (Å²) in [4.78, 5) is 2.61. The summed E-state index contributed by atoms with van der Waals surface area (Å²) in [6, 6.07) is 10.3. The lowest BCUT2D eigenvalue weighted by Gasteiger charge is -2.30. The Bertz CT molecular complexity index is 460. The zero-order valence-electron chi connectivity index (χ0n) is 13.3. The monoisotopic (exact) mass is 288 g/mol. The molecular weight excluding hydrogens is 260 g/mol. The Morgan fingerprint density at radius 2 is 2.00 bits per heavy atom. The van der Waals surface area contributed by atoms with E-state index in [0.717, 1.165) is 18.8 Å². The smallest absolute Gasteiger partial charge is 0.124 e. The molecule has 1 N–H and O–H groups in total. The van der Waals surface area contributed by atoms with Crippen LogP contribution in [0.2, 0.25) is 0 Å². The molecule has 1 fully saturated rings. The molecule has 3 nitrogen and oxygen atoms in total. The molecule has 3 rings (SSSR count). The minimum Gasteiger partial charge on any atom is -0.493 e. The van der Waals surface area contributed by atoms with Crippen LogP contribution in [0.4, 0.5) is 0 Å². The number of hydrogen-bond donors (Lipinski definition) is 1. The first-order valence-electron chi connectivity index (χ1n) is 8.46. The van der Waals surface area contributed by atoms with E-state index in [1.165, 1.54) is 37.9 Å². The lowest BCUT2D eigenvalue weighted by Crippen LogP contribution is -2.37. The van der Waals surface area contributed by atoms with Gasteiger partial charge in [-0.3, -0.25) is 0 Å². The van der Waals surface area contributed by atoms with Gasteiger partial charge in [0.05, 0.1) is 6.61 Å². The first-order chi connectivity index (χ1) is 10.2. The van der Waals surface area contributed by atoms with Crippen molar-refractivity contribution in [3.05, 3.63) is 29.8 Å². The van der Waals surface area contributed by atoms with Crippen LogP contribution in [-0.4, -0.2) is 36.7 Å². The molecule has 116 valence electrons. The molecule has 0 aliphatic carbocycles. The molecule has 3 heteroatoms. The van der Waals surface area contributed by atoms with Gasteiger partial charge >= 0.3 is 0 Å². The normalized spacial score (nSPS) is 27.0. The molecule has 2 atom stereocenters. The number of ether oxygens (including phenoxy) is 1. The van der Waals surface area contributed by atoms with E-state index in [9.17, 15) is 0 Å².